The lowest BCUT2D eigenvalue weighted by Crippen LogP contribution is -2.29. The molecule has 0 spiro atoms. The van der Waals surface area contributed by atoms with Crippen molar-refractivity contribution in [2.45, 2.75) is 33.6 Å². The molecule has 2 aromatic carbocycles. The molecule has 10 heteroatoms. The third kappa shape index (κ3) is 4.23. The van der Waals surface area contributed by atoms with Crippen molar-refractivity contribution in [3.8, 4) is 22.8 Å². The van der Waals surface area contributed by atoms with Crippen LogP contribution in [0.4, 0.5) is 10.8 Å². The van der Waals surface area contributed by atoms with Crippen LogP contribution in [0.1, 0.15) is 37.8 Å². The molecule has 0 bridgehead atoms. The van der Waals surface area contributed by atoms with E-state index in [1.165, 1.54) is 11.3 Å². The fraction of sp³-hybridized carbons (Fsp3) is 0.259. The van der Waals surface area contributed by atoms with Gasteiger partial charge in [0.2, 0.25) is 12.7 Å². The Morgan fingerprint density at radius 1 is 1.08 bits per heavy atom. The number of rotatable bonds is 5. The van der Waals surface area contributed by atoms with E-state index < -0.39 is 0 Å². The maximum Gasteiger partial charge on any atom is 0.263 e. The average molecular weight is 517 g/mol. The Kier molecular flexibility index (Phi) is 5.68. The minimum Gasteiger partial charge on any atom is -0.454 e. The van der Waals surface area contributed by atoms with Gasteiger partial charge in [0.05, 0.1) is 17.8 Å². The Bertz CT molecular complexity index is 1540. The van der Waals surface area contributed by atoms with E-state index in [0.29, 0.717) is 40.2 Å². The molecule has 6 rings (SSSR count). The van der Waals surface area contributed by atoms with Crippen LogP contribution in [0, 0.1) is 20.8 Å². The van der Waals surface area contributed by atoms with E-state index in [1.807, 2.05) is 37.3 Å². The molecule has 2 aliphatic heterocycles. The summed E-state index contributed by atoms with van der Waals surface area (Å²) in [6.45, 7) is 6.31. The van der Waals surface area contributed by atoms with Crippen molar-refractivity contribution in [3.63, 3.8) is 0 Å². The van der Waals surface area contributed by atoms with Crippen molar-refractivity contribution in [2.24, 2.45) is 0 Å². The first kappa shape index (κ1) is 23.2. The molecule has 9 nitrogen and oxygen atoms in total. The van der Waals surface area contributed by atoms with Gasteiger partial charge in [-0.15, -0.1) is 11.3 Å². The summed E-state index contributed by atoms with van der Waals surface area (Å²) in [5, 5.41) is 7.39. The van der Waals surface area contributed by atoms with Crippen LogP contribution in [-0.4, -0.2) is 35.3 Å². The highest BCUT2D eigenvalue weighted by molar-refractivity contribution is 7.16. The monoisotopic (exact) mass is 516 g/mol. The SMILES string of the molecule is Cc1noc(C)c1C(=O)N1CCc2cc(-c3nc(NC(=O)Cc4ccc5c(c4)OCO5)sc3C)ccc21. The second-order valence-electron chi connectivity index (χ2n) is 9.09. The largest absolute Gasteiger partial charge is 0.454 e. The van der Waals surface area contributed by atoms with Crippen LogP contribution in [0.25, 0.3) is 11.3 Å². The minimum atomic E-state index is -0.151. The molecule has 0 fully saturated rings. The van der Waals surface area contributed by atoms with Gasteiger partial charge in [-0.2, -0.15) is 0 Å². The van der Waals surface area contributed by atoms with Gasteiger partial charge in [0.25, 0.3) is 5.91 Å². The molecule has 1 N–H and O–H groups in total. The Morgan fingerprint density at radius 2 is 1.92 bits per heavy atom. The summed E-state index contributed by atoms with van der Waals surface area (Å²) in [6.07, 6.45) is 0.957. The Morgan fingerprint density at radius 3 is 2.73 bits per heavy atom. The third-order valence-corrected chi connectivity index (χ3v) is 7.47. The first-order valence-electron chi connectivity index (χ1n) is 11.9. The fourth-order valence-electron chi connectivity index (χ4n) is 4.80. The number of thiazole rings is 1. The summed E-state index contributed by atoms with van der Waals surface area (Å²) in [6, 6.07) is 11.5. The quantitative estimate of drug-likeness (QED) is 0.405. The second-order valence-corrected chi connectivity index (χ2v) is 10.3. The van der Waals surface area contributed by atoms with Gasteiger partial charge in [-0.3, -0.25) is 9.59 Å². The van der Waals surface area contributed by atoms with Gasteiger partial charge in [0.15, 0.2) is 16.6 Å². The lowest BCUT2D eigenvalue weighted by molar-refractivity contribution is -0.115. The summed E-state index contributed by atoms with van der Waals surface area (Å²) in [7, 11) is 0. The maximum atomic E-state index is 13.2. The van der Waals surface area contributed by atoms with Crippen LogP contribution in [0.3, 0.4) is 0 Å². The zero-order chi connectivity index (χ0) is 25.7. The van der Waals surface area contributed by atoms with Crippen LogP contribution in [0.15, 0.2) is 40.9 Å². The van der Waals surface area contributed by atoms with Crippen molar-refractivity contribution >= 4 is 34.0 Å². The number of hydrogen-bond acceptors (Lipinski definition) is 8. The van der Waals surface area contributed by atoms with E-state index in [4.69, 9.17) is 19.0 Å². The molecule has 188 valence electrons. The van der Waals surface area contributed by atoms with Gasteiger partial charge in [0.1, 0.15) is 11.3 Å². The number of ether oxygens (including phenoxy) is 2. The summed E-state index contributed by atoms with van der Waals surface area (Å²) >= 11 is 1.44. The number of aryl methyl sites for hydroxylation is 3. The highest BCUT2D eigenvalue weighted by atomic mass is 32.1. The Hall–Kier alpha value is -4.18. The molecule has 2 amide bonds. The van der Waals surface area contributed by atoms with E-state index in [1.54, 1.807) is 18.7 Å². The van der Waals surface area contributed by atoms with Crippen LogP contribution < -0.4 is 19.7 Å². The van der Waals surface area contributed by atoms with Gasteiger partial charge < -0.3 is 24.2 Å². The predicted molar refractivity (Wildman–Crippen MR) is 139 cm³/mol. The molecular weight excluding hydrogens is 492 g/mol. The third-order valence-electron chi connectivity index (χ3n) is 6.59. The lowest BCUT2D eigenvalue weighted by Gasteiger charge is -2.17. The highest BCUT2D eigenvalue weighted by Crippen LogP contribution is 2.37. The maximum absolute atomic E-state index is 13.2. The van der Waals surface area contributed by atoms with Crippen molar-refractivity contribution < 1.29 is 23.6 Å². The van der Waals surface area contributed by atoms with E-state index >= 15 is 0 Å². The topological polar surface area (TPSA) is 107 Å². The lowest BCUT2D eigenvalue weighted by atomic mass is 10.1. The fourth-order valence-corrected chi connectivity index (χ4v) is 5.65. The first-order chi connectivity index (χ1) is 17.9. The van der Waals surface area contributed by atoms with Gasteiger partial charge in [-0.1, -0.05) is 17.3 Å². The van der Waals surface area contributed by atoms with Crippen molar-refractivity contribution in [3.05, 3.63) is 69.4 Å². The van der Waals surface area contributed by atoms with Crippen molar-refractivity contribution in [1.82, 2.24) is 10.1 Å². The highest BCUT2D eigenvalue weighted by Gasteiger charge is 2.30. The molecule has 37 heavy (non-hydrogen) atoms. The van der Waals surface area contributed by atoms with E-state index in [0.717, 1.165) is 39.4 Å². The predicted octanol–water partition coefficient (Wildman–Crippen LogP) is 4.84. The van der Waals surface area contributed by atoms with E-state index in [9.17, 15) is 9.59 Å². The van der Waals surface area contributed by atoms with Gasteiger partial charge >= 0.3 is 0 Å². The molecule has 0 unspecified atom stereocenters. The van der Waals surface area contributed by atoms with E-state index in [-0.39, 0.29) is 25.0 Å². The molecular formula is C27H24N4O5S. The number of nitrogens with one attached hydrogen (secondary N) is 1. The molecule has 4 aromatic rings. The van der Waals surface area contributed by atoms with Crippen molar-refractivity contribution in [1.29, 1.82) is 0 Å². The van der Waals surface area contributed by atoms with Crippen LogP contribution in [0.2, 0.25) is 0 Å². The van der Waals surface area contributed by atoms with E-state index in [2.05, 4.69) is 16.5 Å². The number of fused-ring (bicyclic) bond motifs is 2. The minimum absolute atomic E-state index is 0.0972. The van der Waals surface area contributed by atoms with Gasteiger partial charge in [-0.25, -0.2) is 4.98 Å². The normalized spacial score (nSPS) is 13.6. The second kappa shape index (κ2) is 9.04. The standard InChI is InChI=1S/C27H24N4O5S/c1-14-24(15(2)36-30-14)26(33)31-9-8-18-12-19(5-6-20(18)31)25-16(3)37-27(29-25)28-23(32)11-17-4-7-21-22(10-17)35-13-34-21/h4-7,10,12H,8-9,11,13H2,1-3H3,(H,28,29,32). The number of amides is 2. The summed E-state index contributed by atoms with van der Waals surface area (Å²) < 4.78 is 15.9. The van der Waals surface area contributed by atoms with Crippen LogP contribution in [0.5, 0.6) is 11.5 Å². The number of aromatic nitrogens is 2. The first-order valence-corrected chi connectivity index (χ1v) is 12.7. The molecule has 0 aliphatic carbocycles. The number of carbonyl (C=O) groups excluding carboxylic acids is 2. The molecule has 0 saturated carbocycles. The summed E-state index contributed by atoms with van der Waals surface area (Å²) in [4.78, 5) is 33.3. The van der Waals surface area contributed by atoms with Crippen LogP contribution in [-0.2, 0) is 17.6 Å². The van der Waals surface area contributed by atoms with Gasteiger partial charge in [0, 0.05) is 22.7 Å². The Labute approximate surface area is 217 Å². The summed E-state index contributed by atoms with van der Waals surface area (Å²) in [5.41, 5.74) is 5.70. The van der Waals surface area contributed by atoms with Crippen LogP contribution >= 0.6 is 11.3 Å². The molecule has 4 heterocycles. The molecule has 0 saturated heterocycles. The summed E-state index contributed by atoms with van der Waals surface area (Å²) in [5.74, 6) is 1.62. The number of benzene rings is 2. The molecule has 2 aromatic heterocycles. The number of anilines is 2. The molecule has 0 atom stereocenters. The zero-order valence-corrected chi connectivity index (χ0v) is 21.4. The van der Waals surface area contributed by atoms with Gasteiger partial charge in [-0.05, 0) is 62.6 Å². The zero-order valence-electron chi connectivity index (χ0n) is 20.6. The number of hydrogen-bond donors (Lipinski definition) is 1. The number of nitrogens with zero attached hydrogens (tertiary/aromatic N) is 3. The smallest absolute Gasteiger partial charge is 0.263 e. The Balaban J connectivity index is 1.18. The molecule has 2 aliphatic rings. The average Bonchev–Trinajstić information content (AvgIpc) is 3.65. The van der Waals surface area contributed by atoms with Crippen molar-refractivity contribution in [2.75, 3.05) is 23.6 Å². The number of carbonyl (C=O) groups is 2. The molecule has 0 radical (unpaired) electrons.